The molecule has 0 aliphatic carbocycles. The number of fused-ring (bicyclic) bond motifs is 2. The molecule has 4 aliphatic rings. The van der Waals surface area contributed by atoms with Crippen LogP contribution in [0.5, 0.6) is 0 Å². The summed E-state index contributed by atoms with van der Waals surface area (Å²) >= 11 is 0. The number of hydrogen-bond donors (Lipinski definition) is 1. The first-order valence-corrected chi connectivity index (χ1v) is 5.82. The van der Waals surface area contributed by atoms with Crippen molar-refractivity contribution in [1.82, 2.24) is 10.2 Å². The number of nitrogens with zero attached hydrogens (tertiary/aromatic N) is 1. The molecule has 4 heterocycles. The first-order valence-electron chi connectivity index (χ1n) is 5.82. The number of nitrogens with one attached hydrogen (secondary N) is 1. The molecule has 1 spiro atoms. The molecule has 0 aromatic carbocycles. The average Bonchev–Trinajstić information content (AvgIpc) is 2.20. The molecule has 0 saturated carbocycles. The standard InChI is InChI=1S/C11H20N2/c1-7-13-8-2-10(1)11(9-13)3-5-12-6-4-11/h10,12H,1-9H2. The van der Waals surface area contributed by atoms with E-state index in [1.807, 2.05) is 0 Å². The Morgan fingerprint density at radius 1 is 1.08 bits per heavy atom. The van der Waals surface area contributed by atoms with E-state index in [-0.39, 0.29) is 0 Å². The van der Waals surface area contributed by atoms with Gasteiger partial charge in [0.2, 0.25) is 0 Å². The lowest BCUT2D eigenvalue weighted by Crippen LogP contribution is -2.57. The summed E-state index contributed by atoms with van der Waals surface area (Å²) in [6.07, 6.45) is 5.85. The van der Waals surface area contributed by atoms with Crippen molar-refractivity contribution in [3.8, 4) is 0 Å². The third-order valence-corrected chi connectivity index (χ3v) is 4.59. The fraction of sp³-hybridized carbons (Fsp3) is 1.00. The molecule has 4 saturated heterocycles. The Hall–Kier alpha value is -0.0800. The third kappa shape index (κ3) is 1.23. The van der Waals surface area contributed by atoms with Crippen LogP contribution in [0.15, 0.2) is 0 Å². The highest BCUT2D eigenvalue weighted by molar-refractivity contribution is 4.99. The Kier molecular flexibility index (Phi) is 1.88. The van der Waals surface area contributed by atoms with Crippen molar-refractivity contribution in [2.75, 3.05) is 32.7 Å². The highest BCUT2D eigenvalue weighted by Gasteiger charge is 2.46. The topological polar surface area (TPSA) is 15.3 Å². The van der Waals surface area contributed by atoms with Gasteiger partial charge in [0.15, 0.2) is 0 Å². The van der Waals surface area contributed by atoms with E-state index in [2.05, 4.69) is 10.2 Å². The van der Waals surface area contributed by atoms with Crippen LogP contribution in [-0.2, 0) is 0 Å². The second-order valence-corrected chi connectivity index (χ2v) is 5.16. The zero-order valence-electron chi connectivity index (χ0n) is 8.39. The van der Waals surface area contributed by atoms with E-state index >= 15 is 0 Å². The van der Waals surface area contributed by atoms with Crippen LogP contribution in [0.3, 0.4) is 0 Å². The molecule has 74 valence electrons. The molecule has 13 heavy (non-hydrogen) atoms. The lowest BCUT2D eigenvalue weighted by atomic mass is 9.62. The minimum Gasteiger partial charge on any atom is -0.317 e. The van der Waals surface area contributed by atoms with Crippen LogP contribution in [0.2, 0.25) is 0 Å². The maximum Gasteiger partial charge on any atom is 0.00416 e. The van der Waals surface area contributed by atoms with Crippen LogP contribution in [0.1, 0.15) is 25.7 Å². The Labute approximate surface area is 80.7 Å². The highest BCUT2D eigenvalue weighted by Crippen LogP contribution is 2.47. The summed E-state index contributed by atoms with van der Waals surface area (Å²) in [5.41, 5.74) is 0.738. The normalized spacial score (nSPS) is 42.5. The first kappa shape index (κ1) is 8.25. The zero-order valence-corrected chi connectivity index (χ0v) is 8.39. The number of piperidine rings is 4. The van der Waals surface area contributed by atoms with E-state index in [9.17, 15) is 0 Å². The van der Waals surface area contributed by atoms with Gasteiger partial charge in [0.1, 0.15) is 0 Å². The van der Waals surface area contributed by atoms with Gasteiger partial charge >= 0.3 is 0 Å². The van der Waals surface area contributed by atoms with Gasteiger partial charge in [-0.05, 0) is 63.2 Å². The van der Waals surface area contributed by atoms with Gasteiger partial charge in [0, 0.05) is 6.54 Å². The Morgan fingerprint density at radius 3 is 2.31 bits per heavy atom. The fourth-order valence-electron chi connectivity index (χ4n) is 3.77. The fourth-order valence-corrected chi connectivity index (χ4v) is 3.77. The number of hydrogen-bond acceptors (Lipinski definition) is 2. The number of rotatable bonds is 0. The van der Waals surface area contributed by atoms with Gasteiger partial charge in [0.25, 0.3) is 0 Å². The van der Waals surface area contributed by atoms with E-state index < -0.39 is 0 Å². The molecule has 4 rings (SSSR count). The summed E-state index contributed by atoms with van der Waals surface area (Å²) in [5, 5.41) is 3.50. The third-order valence-electron chi connectivity index (χ3n) is 4.59. The SMILES string of the molecule is C1CC2(CCN1)CN1CCC2CC1. The van der Waals surface area contributed by atoms with Gasteiger partial charge in [-0.1, -0.05) is 0 Å². The zero-order chi connectivity index (χ0) is 8.73. The molecular formula is C11H20N2. The van der Waals surface area contributed by atoms with E-state index in [4.69, 9.17) is 0 Å². The predicted molar refractivity (Wildman–Crippen MR) is 53.7 cm³/mol. The lowest BCUT2D eigenvalue weighted by molar-refractivity contribution is -0.0475. The van der Waals surface area contributed by atoms with Crippen molar-refractivity contribution in [3.63, 3.8) is 0 Å². The van der Waals surface area contributed by atoms with Gasteiger partial charge in [-0.3, -0.25) is 0 Å². The highest BCUT2D eigenvalue weighted by atomic mass is 15.2. The molecule has 4 fully saturated rings. The van der Waals surface area contributed by atoms with Crippen molar-refractivity contribution in [2.24, 2.45) is 11.3 Å². The van der Waals surface area contributed by atoms with Crippen molar-refractivity contribution in [3.05, 3.63) is 0 Å². The van der Waals surface area contributed by atoms with E-state index in [1.165, 1.54) is 58.4 Å². The Bertz CT molecular complexity index is 188. The molecule has 2 nitrogen and oxygen atoms in total. The second kappa shape index (κ2) is 2.96. The summed E-state index contributed by atoms with van der Waals surface area (Å²) < 4.78 is 0. The van der Waals surface area contributed by atoms with Crippen LogP contribution in [0.4, 0.5) is 0 Å². The van der Waals surface area contributed by atoms with Gasteiger partial charge in [-0.15, -0.1) is 0 Å². The Balaban J connectivity index is 1.81. The molecule has 0 amide bonds. The first-order chi connectivity index (χ1) is 6.39. The quantitative estimate of drug-likeness (QED) is 0.600. The molecular weight excluding hydrogens is 160 g/mol. The molecule has 0 radical (unpaired) electrons. The van der Waals surface area contributed by atoms with Crippen molar-refractivity contribution >= 4 is 0 Å². The van der Waals surface area contributed by atoms with Crippen LogP contribution in [0.25, 0.3) is 0 Å². The van der Waals surface area contributed by atoms with Gasteiger partial charge < -0.3 is 10.2 Å². The van der Waals surface area contributed by atoms with Crippen LogP contribution in [0, 0.1) is 11.3 Å². The minimum atomic E-state index is 0.738. The summed E-state index contributed by atoms with van der Waals surface area (Å²) in [5.74, 6) is 1.07. The van der Waals surface area contributed by atoms with Crippen molar-refractivity contribution in [1.29, 1.82) is 0 Å². The monoisotopic (exact) mass is 180 g/mol. The van der Waals surface area contributed by atoms with Gasteiger partial charge in [-0.2, -0.15) is 0 Å². The molecule has 1 N–H and O–H groups in total. The average molecular weight is 180 g/mol. The molecule has 2 bridgehead atoms. The summed E-state index contributed by atoms with van der Waals surface area (Å²) in [6.45, 7) is 6.73. The van der Waals surface area contributed by atoms with Crippen LogP contribution >= 0.6 is 0 Å². The molecule has 0 atom stereocenters. The Morgan fingerprint density at radius 2 is 1.77 bits per heavy atom. The summed E-state index contributed by atoms with van der Waals surface area (Å²) in [6, 6.07) is 0. The van der Waals surface area contributed by atoms with Crippen molar-refractivity contribution in [2.45, 2.75) is 25.7 Å². The summed E-state index contributed by atoms with van der Waals surface area (Å²) in [4.78, 5) is 2.70. The van der Waals surface area contributed by atoms with Crippen molar-refractivity contribution < 1.29 is 0 Å². The largest absolute Gasteiger partial charge is 0.317 e. The van der Waals surface area contributed by atoms with Crippen LogP contribution in [-0.4, -0.2) is 37.6 Å². The predicted octanol–water partition coefficient (Wildman–Crippen LogP) is 1.08. The minimum absolute atomic E-state index is 0.738. The molecule has 4 aliphatic heterocycles. The van der Waals surface area contributed by atoms with Crippen LogP contribution < -0.4 is 5.32 Å². The molecule has 2 heteroatoms. The summed E-state index contributed by atoms with van der Waals surface area (Å²) in [7, 11) is 0. The van der Waals surface area contributed by atoms with Gasteiger partial charge in [0.05, 0.1) is 0 Å². The lowest BCUT2D eigenvalue weighted by Gasteiger charge is -2.55. The van der Waals surface area contributed by atoms with E-state index in [1.54, 1.807) is 0 Å². The molecule has 0 aromatic heterocycles. The maximum atomic E-state index is 3.50. The van der Waals surface area contributed by atoms with E-state index in [0.29, 0.717) is 0 Å². The molecule has 0 unspecified atom stereocenters. The molecule has 0 aromatic rings. The maximum absolute atomic E-state index is 3.50. The second-order valence-electron chi connectivity index (χ2n) is 5.16. The van der Waals surface area contributed by atoms with Gasteiger partial charge in [-0.25, -0.2) is 0 Å². The smallest absolute Gasteiger partial charge is 0.00416 e. The van der Waals surface area contributed by atoms with E-state index in [0.717, 1.165) is 11.3 Å².